The number of amides is 1. The van der Waals surface area contributed by atoms with E-state index in [0.717, 1.165) is 25.7 Å². The molecule has 2 N–H and O–H groups in total. The van der Waals surface area contributed by atoms with E-state index in [2.05, 4.69) is 0 Å². The summed E-state index contributed by atoms with van der Waals surface area (Å²) >= 11 is 0. The summed E-state index contributed by atoms with van der Waals surface area (Å²) in [5, 5.41) is 0. The second kappa shape index (κ2) is 5.47. The van der Waals surface area contributed by atoms with Gasteiger partial charge in [-0.25, -0.2) is 0 Å². The molecule has 1 amide bonds. The Kier molecular flexibility index (Phi) is 4.54. The standard InChI is InChI=1S/C11H22N2O2/c1-8(12)11(14)13(2)9-4-6-10(15-3)7-5-9/h8-10H,4-7,12H2,1-3H3. The summed E-state index contributed by atoms with van der Waals surface area (Å²) in [4.78, 5) is 13.5. The van der Waals surface area contributed by atoms with Crippen molar-refractivity contribution in [2.75, 3.05) is 14.2 Å². The van der Waals surface area contributed by atoms with Gasteiger partial charge in [0, 0.05) is 20.2 Å². The molecule has 15 heavy (non-hydrogen) atoms. The molecule has 1 atom stereocenters. The van der Waals surface area contributed by atoms with Crippen molar-refractivity contribution in [2.24, 2.45) is 5.73 Å². The van der Waals surface area contributed by atoms with Gasteiger partial charge < -0.3 is 15.4 Å². The van der Waals surface area contributed by atoms with E-state index < -0.39 is 6.04 Å². The van der Waals surface area contributed by atoms with E-state index in [1.807, 2.05) is 7.05 Å². The zero-order valence-electron chi connectivity index (χ0n) is 9.90. The molecule has 1 rings (SSSR count). The van der Waals surface area contributed by atoms with Gasteiger partial charge in [-0.3, -0.25) is 4.79 Å². The Morgan fingerprint density at radius 3 is 2.33 bits per heavy atom. The van der Waals surface area contributed by atoms with E-state index >= 15 is 0 Å². The highest BCUT2D eigenvalue weighted by Gasteiger charge is 2.27. The summed E-state index contributed by atoms with van der Waals surface area (Å²) in [6, 6.07) is -0.0509. The van der Waals surface area contributed by atoms with Crippen molar-refractivity contribution in [1.29, 1.82) is 0 Å². The predicted molar refractivity (Wildman–Crippen MR) is 59.5 cm³/mol. The summed E-state index contributed by atoms with van der Waals surface area (Å²) in [6.07, 6.45) is 4.50. The molecule has 0 saturated heterocycles. The SMILES string of the molecule is COC1CCC(N(C)C(=O)C(C)N)CC1. The lowest BCUT2D eigenvalue weighted by molar-refractivity contribution is -0.134. The zero-order chi connectivity index (χ0) is 11.4. The van der Waals surface area contributed by atoms with Gasteiger partial charge in [0.05, 0.1) is 12.1 Å². The molecule has 1 aliphatic rings. The number of likely N-dealkylation sites (N-methyl/N-ethyl adjacent to an activating group) is 1. The molecule has 0 spiro atoms. The van der Waals surface area contributed by atoms with Gasteiger partial charge in [-0.2, -0.15) is 0 Å². The summed E-state index contributed by atoms with van der Waals surface area (Å²) in [5.74, 6) is 0.0378. The summed E-state index contributed by atoms with van der Waals surface area (Å²) in [5.41, 5.74) is 5.58. The lowest BCUT2D eigenvalue weighted by atomic mass is 9.92. The molecule has 0 bridgehead atoms. The lowest BCUT2D eigenvalue weighted by Crippen LogP contribution is -2.46. The molecule has 0 aromatic heterocycles. The third-order valence-corrected chi connectivity index (χ3v) is 3.26. The Hall–Kier alpha value is -0.610. The second-order valence-electron chi connectivity index (χ2n) is 4.40. The predicted octanol–water partition coefficient (Wildman–Crippen LogP) is 0.750. The molecule has 1 unspecified atom stereocenters. The number of nitrogens with two attached hydrogens (primary N) is 1. The van der Waals surface area contributed by atoms with Crippen LogP contribution < -0.4 is 5.73 Å². The lowest BCUT2D eigenvalue weighted by Gasteiger charge is -2.34. The van der Waals surface area contributed by atoms with Crippen LogP contribution >= 0.6 is 0 Å². The smallest absolute Gasteiger partial charge is 0.239 e. The molecular formula is C11H22N2O2. The van der Waals surface area contributed by atoms with Gasteiger partial charge in [0.15, 0.2) is 0 Å². The highest BCUT2D eigenvalue weighted by molar-refractivity contribution is 5.81. The van der Waals surface area contributed by atoms with Gasteiger partial charge in [0.1, 0.15) is 0 Å². The fraction of sp³-hybridized carbons (Fsp3) is 0.909. The topological polar surface area (TPSA) is 55.6 Å². The first-order valence-corrected chi connectivity index (χ1v) is 5.61. The minimum Gasteiger partial charge on any atom is -0.381 e. The van der Waals surface area contributed by atoms with E-state index in [1.165, 1.54) is 0 Å². The highest BCUT2D eigenvalue weighted by atomic mass is 16.5. The number of ether oxygens (including phenoxy) is 1. The first-order valence-electron chi connectivity index (χ1n) is 5.61. The van der Waals surface area contributed by atoms with Crippen LogP contribution in [0.3, 0.4) is 0 Å². The van der Waals surface area contributed by atoms with Gasteiger partial charge in [-0.1, -0.05) is 0 Å². The number of rotatable bonds is 3. The van der Waals surface area contributed by atoms with Gasteiger partial charge in [0.25, 0.3) is 0 Å². The Balaban J connectivity index is 2.42. The van der Waals surface area contributed by atoms with E-state index in [9.17, 15) is 4.79 Å². The minimum absolute atomic E-state index is 0.0378. The van der Waals surface area contributed by atoms with E-state index in [4.69, 9.17) is 10.5 Å². The van der Waals surface area contributed by atoms with E-state index in [-0.39, 0.29) is 5.91 Å². The summed E-state index contributed by atoms with van der Waals surface area (Å²) in [6.45, 7) is 1.74. The number of methoxy groups -OCH3 is 1. The van der Waals surface area contributed by atoms with Crippen LogP contribution in [0.2, 0.25) is 0 Å². The quantitative estimate of drug-likeness (QED) is 0.754. The number of carbonyl (C=O) groups is 1. The van der Waals surface area contributed by atoms with Crippen molar-refractivity contribution < 1.29 is 9.53 Å². The van der Waals surface area contributed by atoms with Gasteiger partial charge in [0.2, 0.25) is 5.91 Å². The second-order valence-corrected chi connectivity index (χ2v) is 4.40. The maximum atomic E-state index is 11.7. The Labute approximate surface area is 91.8 Å². The highest BCUT2D eigenvalue weighted by Crippen LogP contribution is 2.24. The molecule has 0 heterocycles. The van der Waals surface area contributed by atoms with Crippen molar-refractivity contribution in [3.05, 3.63) is 0 Å². The average molecular weight is 214 g/mol. The Morgan fingerprint density at radius 2 is 1.93 bits per heavy atom. The van der Waals surface area contributed by atoms with Gasteiger partial charge >= 0.3 is 0 Å². The molecule has 1 aliphatic carbocycles. The zero-order valence-corrected chi connectivity index (χ0v) is 9.90. The van der Waals surface area contributed by atoms with Crippen molar-refractivity contribution in [3.8, 4) is 0 Å². The molecule has 1 saturated carbocycles. The minimum atomic E-state index is -0.393. The van der Waals surface area contributed by atoms with Crippen molar-refractivity contribution in [1.82, 2.24) is 4.90 Å². The van der Waals surface area contributed by atoms with Crippen molar-refractivity contribution in [3.63, 3.8) is 0 Å². The van der Waals surface area contributed by atoms with Crippen molar-refractivity contribution >= 4 is 5.91 Å². The van der Waals surface area contributed by atoms with Crippen LogP contribution in [0, 0.1) is 0 Å². The number of hydrogen-bond donors (Lipinski definition) is 1. The van der Waals surface area contributed by atoms with Crippen LogP contribution in [-0.2, 0) is 9.53 Å². The largest absolute Gasteiger partial charge is 0.381 e. The monoisotopic (exact) mass is 214 g/mol. The van der Waals surface area contributed by atoms with Crippen LogP contribution in [0.5, 0.6) is 0 Å². The molecule has 4 heteroatoms. The first kappa shape index (κ1) is 12.5. The number of nitrogens with zero attached hydrogens (tertiary/aromatic N) is 1. The molecule has 88 valence electrons. The maximum Gasteiger partial charge on any atom is 0.239 e. The summed E-state index contributed by atoms with van der Waals surface area (Å²) in [7, 11) is 3.60. The fourth-order valence-corrected chi connectivity index (χ4v) is 2.17. The molecule has 0 radical (unpaired) electrons. The maximum absolute atomic E-state index is 11.7. The molecular weight excluding hydrogens is 192 g/mol. The summed E-state index contributed by atoms with van der Waals surface area (Å²) < 4.78 is 5.30. The Bertz CT molecular complexity index is 211. The fourth-order valence-electron chi connectivity index (χ4n) is 2.17. The van der Waals surface area contributed by atoms with E-state index in [1.54, 1.807) is 18.9 Å². The molecule has 1 fully saturated rings. The van der Waals surface area contributed by atoms with Gasteiger partial charge in [-0.05, 0) is 32.6 Å². The van der Waals surface area contributed by atoms with Crippen LogP contribution in [0.15, 0.2) is 0 Å². The Morgan fingerprint density at radius 1 is 1.40 bits per heavy atom. The number of carbonyl (C=O) groups excluding carboxylic acids is 1. The first-order chi connectivity index (χ1) is 7.06. The van der Waals surface area contributed by atoms with Crippen LogP contribution in [0.4, 0.5) is 0 Å². The van der Waals surface area contributed by atoms with Crippen LogP contribution in [0.25, 0.3) is 0 Å². The third-order valence-electron chi connectivity index (χ3n) is 3.26. The normalized spacial score (nSPS) is 28.5. The molecule has 0 aromatic carbocycles. The van der Waals surface area contributed by atoms with Crippen molar-refractivity contribution in [2.45, 2.75) is 50.8 Å². The van der Waals surface area contributed by atoms with Crippen LogP contribution in [0.1, 0.15) is 32.6 Å². The molecule has 0 aromatic rings. The average Bonchev–Trinajstić information content (AvgIpc) is 2.27. The number of hydrogen-bond acceptors (Lipinski definition) is 3. The third kappa shape index (κ3) is 3.18. The molecule has 0 aliphatic heterocycles. The molecule has 4 nitrogen and oxygen atoms in total. The van der Waals surface area contributed by atoms with E-state index in [0.29, 0.717) is 12.1 Å². The van der Waals surface area contributed by atoms with Crippen LogP contribution in [-0.4, -0.2) is 43.2 Å². The van der Waals surface area contributed by atoms with Gasteiger partial charge in [-0.15, -0.1) is 0 Å².